The minimum Gasteiger partial charge on any atom is -0.323 e. The first-order valence-electron chi connectivity index (χ1n) is 5.73. The number of benzene rings is 1. The molecule has 1 aromatic rings. The van der Waals surface area contributed by atoms with Crippen molar-refractivity contribution in [2.45, 2.75) is 30.6 Å². The SMILES string of the molecule is NC(c1ccc(F)cc1)C1CCCCS1(=O)=O. The molecule has 5 heteroatoms. The number of hydrogen-bond donors (Lipinski definition) is 1. The Morgan fingerprint density at radius 1 is 1.24 bits per heavy atom. The van der Waals surface area contributed by atoms with Gasteiger partial charge >= 0.3 is 0 Å². The van der Waals surface area contributed by atoms with Gasteiger partial charge in [0.15, 0.2) is 9.84 Å². The molecule has 0 aliphatic carbocycles. The number of hydrogen-bond acceptors (Lipinski definition) is 3. The first-order chi connectivity index (χ1) is 8.00. The van der Waals surface area contributed by atoms with Gasteiger partial charge in [0.2, 0.25) is 0 Å². The molecule has 2 rings (SSSR count). The van der Waals surface area contributed by atoms with Gasteiger partial charge < -0.3 is 5.73 Å². The molecule has 0 saturated carbocycles. The molecular weight excluding hydrogens is 241 g/mol. The second kappa shape index (κ2) is 4.74. The summed E-state index contributed by atoms with van der Waals surface area (Å²) in [4.78, 5) is 0. The molecule has 0 radical (unpaired) electrons. The van der Waals surface area contributed by atoms with Gasteiger partial charge in [-0.05, 0) is 30.5 Å². The van der Waals surface area contributed by atoms with Crippen LogP contribution in [0.25, 0.3) is 0 Å². The first kappa shape index (κ1) is 12.5. The quantitative estimate of drug-likeness (QED) is 0.878. The Morgan fingerprint density at radius 3 is 2.47 bits per heavy atom. The monoisotopic (exact) mass is 257 g/mol. The van der Waals surface area contributed by atoms with E-state index in [2.05, 4.69) is 0 Å². The average molecular weight is 257 g/mol. The van der Waals surface area contributed by atoms with Gasteiger partial charge in [-0.15, -0.1) is 0 Å². The zero-order valence-electron chi connectivity index (χ0n) is 9.47. The Morgan fingerprint density at radius 2 is 1.88 bits per heavy atom. The molecule has 2 N–H and O–H groups in total. The van der Waals surface area contributed by atoms with Crippen LogP contribution in [0, 0.1) is 5.82 Å². The highest BCUT2D eigenvalue weighted by molar-refractivity contribution is 7.92. The summed E-state index contributed by atoms with van der Waals surface area (Å²) in [5.41, 5.74) is 6.68. The van der Waals surface area contributed by atoms with Crippen molar-refractivity contribution in [2.75, 3.05) is 5.75 Å². The van der Waals surface area contributed by atoms with Crippen LogP contribution >= 0.6 is 0 Å². The van der Waals surface area contributed by atoms with Crippen molar-refractivity contribution in [1.29, 1.82) is 0 Å². The second-order valence-electron chi connectivity index (χ2n) is 4.48. The third-order valence-electron chi connectivity index (χ3n) is 3.28. The molecule has 1 aliphatic heterocycles. The van der Waals surface area contributed by atoms with Crippen molar-refractivity contribution in [3.05, 3.63) is 35.6 Å². The van der Waals surface area contributed by atoms with E-state index < -0.39 is 21.1 Å². The van der Waals surface area contributed by atoms with Gasteiger partial charge in [0.05, 0.1) is 11.0 Å². The van der Waals surface area contributed by atoms with E-state index in [-0.39, 0.29) is 11.6 Å². The van der Waals surface area contributed by atoms with Crippen LogP contribution in [0.15, 0.2) is 24.3 Å². The number of sulfone groups is 1. The van der Waals surface area contributed by atoms with Crippen LogP contribution in [0.3, 0.4) is 0 Å². The van der Waals surface area contributed by atoms with Crippen LogP contribution in [0.4, 0.5) is 4.39 Å². The van der Waals surface area contributed by atoms with E-state index in [0.717, 1.165) is 12.8 Å². The molecule has 1 saturated heterocycles. The molecule has 17 heavy (non-hydrogen) atoms. The summed E-state index contributed by atoms with van der Waals surface area (Å²) in [6.45, 7) is 0. The highest BCUT2D eigenvalue weighted by Gasteiger charge is 2.34. The summed E-state index contributed by atoms with van der Waals surface area (Å²) in [6.07, 6.45) is 2.20. The van der Waals surface area contributed by atoms with Crippen LogP contribution in [0.5, 0.6) is 0 Å². The smallest absolute Gasteiger partial charge is 0.155 e. The van der Waals surface area contributed by atoms with Gasteiger partial charge in [0, 0.05) is 6.04 Å². The van der Waals surface area contributed by atoms with Gasteiger partial charge in [-0.25, -0.2) is 12.8 Å². The van der Waals surface area contributed by atoms with Gasteiger partial charge in [-0.3, -0.25) is 0 Å². The number of rotatable bonds is 2. The zero-order valence-corrected chi connectivity index (χ0v) is 10.3. The second-order valence-corrected chi connectivity index (χ2v) is 6.82. The highest BCUT2D eigenvalue weighted by atomic mass is 32.2. The average Bonchev–Trinajstić information content (AvgIpc) is 2.28. The summed E-state index contributed by atoms with van der Waals surface area (Å²) < 4.78 is 36.6. The Balaban J connectivity index is 2.24. The standard InChI is InChI=1S/C12H16FNO2S/c13-10-6-4-9(5-7-10)12(14)11-3-1-2-8-17(11,15)16/h4-7,11-12H,1-3,8,14H2. The molecule has 2 atom stereocenters. The molecule has 0 amide bonds. The van der Waals surface area contributed by atoms with E-state index in [4.69, 9.17) is 5.73 Å². The lowest BCUT2D eigenvalue weighted by Gasteiger charge is -2.27. The lowest BCUT2D eigenvalue weighted by molar-refractivity contribution is 0.504. The van der Waals surface area contributed by atoms with Crippen LogP contribution in [-0.2, 0) is 9.84 Å². The fourth-order valence-corrected chi connectivity index (χ4v) is 4.32. The molecule has 1 heterocycles. The molecular formula is C12H16FNO2S. The van der Waals surface area contributed by atoms with Crippen molar-refractivity contribution in [1.82, 2.24) is 0 Å². The predicted octanol–water partition coefficient (Wildman–Crippen LogP) is 1.79. The Kier molecular flexibility index (Phi) is 3.49. The number of nitrogens with two attached hydrogens (primary N) is 1. The van der Waals surface area contributed by atoms with E-state index in [0.29, 0.717) is 12.0 Å². The lowest BCUT2D eigenvalue weighted by Crippen LogP contribution is -2.37. The minimum atomic E-state index is -3.10. The molecule has 94 valence electrons. The Bertz CT molecular complexity index is 484. The molecule has 0 aromatic heterocycles. The third kappa shape index (κ3) is 2.66. The van der Waals surface area contributed by atoms with E-state index in [1.807, 2.05) is 0 Å². The van der Waals surface area contributed by atoms with E-state index in [9.17, 15) is 12.8 Å². The highest BCUT2D eigenvalue weighted by Crippen LogP contribution is 2.29. The Labute approximate surface area is 101 Å². The van der Waals surface area contributed by atoms with Crippen LogP contribution in [-0.4, -0.2) is 19.4 Å². The fourth-order valence-electron chi connectivity index (χ4n) is 2.28. The van der Waals surface area contributed by atoms with Crippen molar-refractivity contribution in [2.24, 2.45) is 5.73 Å². The minimum absolute atomic E-state index is 0.215. The van der Waals surface area contributed by atoms with E-state index >= 15 is 0 Å². The molecule has 1 aliphatic rings. The van der Waals surface area contributed by atoms with Crippen LogP contribution in [0.1, 0.15) is 30.9 Å². The lowest BCUT2D eigenvalue weighted by atomic mass is 10.0. The molecule has 1 fully saturated rings. The normalized spacial score (nSPS) is 25.4. The fraction of sp³-hybridized carbons (Fsp3) is 0.500. The summed E-state index contributed by atoms with van der Waals surface area (Å²) in [5, 5.41) is -0.526. The van der Waals surface area contributed by atoms with Gasteiger partial charge in [-0.1, -0.05) is 18.6 Å². The van der Waals surface area contributed by atoms with Crippen molar-refractivity contribution in [3.8, 4) is 0 Å². The molecule has 3 nitrogen and oxygen atoms in total. The molecule has 2 unspecified atom stereocenters. The van der Waals surface area contributed by atoms with Crippen LogP contribution in [0.2, 0.25) is 0 Å². The maximum atomic E-state index is 12.8. The largest absolute Gasteiger partial charge is 0.323 e. The van der Waals surface area contributed by atoms with Crippen molar-refractivity contribution >= 4 is 9.84 Å². The maximum absolute atomic E-state index is 12.8. The number of halogens is 1. The van der Waals surface area contributed by atoms with E-state index in [1.54, 1.807) is 12.1 Å². The van der Waals surface area contributed by atoms with Crippen molar-refractivity contribution in [3.63, 3.8) is 0 Å². The third-order valence-corrected chi connectivity index (χ3v) is 5.59. The van der Waals surface area contributed by atoms with Gasteiger partial charge in [0.25, 0.3) is 0 Å². The first-order valence-corrected chi connectivity index (χ1v) is 7.45. The Hall–Kier alpha value is -0.940. The van der Waals surface area contributed by atoms with Gasteiger partial charge in [-0.2, -0.15) is 0 Å². The van der Waals surface area contributed by atoms with Gasteiger partial charge in [0.1, 0.15) is 5.82 Å². The molecule has 0 spiro atoms. The maximum Gasteiger partial charge on any atom is 0.155 e. The summed E-state index contributed by atoms with van der Waals surface area (Å²) >= 11 is 0. The predicted molar refractivity (Wildman–Crippen MR) is 64.8 cm³/mol. The van der Waals surface area contributed by atoms with Crippen LogP contribution < -0.4 is 5.73 Å². The zero-order chi connectivity index (χ0) is 12.5. The van der Waals surface area contributed by atoms with Crippen molar-refractivity contribution < 1.29 is 12.8 Å². The molecule has 1 aromatic carbocycles. The summed E-state index contributed by atoms with van der Waals surface area (Å²) in [5.74, 6) is -0.125. The summed E-state index contributed by atoms with van der Waals surface area (Å²) in [7, 11) is -3.10. The van der Waals surface area contributed by atoms with E-state index in [1.165, 1.54) is 12.1 Å². The topological polar surface area (TPSA) is 60.2 Å². The molecule has 0 bridgehead atoms. The summed E-state index contributed by atoms with van der Waals surface area (Å²) in [6, 6.07) is 5.18.